The molecule has 1 aromatic carbocycles. The van der Waals surface area contributed by atoms with Crippen molar-refractivity contribution in [2.45, 2.75) is 26.3 Å². The van der Waals surface area contributed by atoms with Gasteiger partial charge in [-0.05, 0) is 44.5 Å². The molecule has 1 fully saturated rings. The van der Waals surface area contributed by atoms with Crippen LogP contribution in [0.1, 0.15) is 34.2 Å². The van der Waals surface area contributed by atoms with E-state index in [9.17, 15) is 18.8 Å². The fourth-order valence-electron chi connectivity index (χ4n) is 3.06. The summed E-state index contributed by atoms with van der Waals surface area (Å²) in [6.45, 7) is 4.77. The topological polar surface area (TPSA) is 82.3 Å². The van der Waals surface area contributed by atoms with Crippen molar-refractivity contribution in [3.05, 3.63) is 58.7 Å². The number of H-pyrrole nitrogens is 1. The Bertz CT molecular complexity index is 872. The fraction of sp³-hybridized carbons (Fsp3) is 0.278. The molecule has 1 aliphatic rings. The molecule has 0 saturated carbocycles. The summed E-state index contributed by atoms with van der Waals surface area (Å²) >= 11 is 0. The van der Waals surface area contributed by atoms with Crippen LogP contribution in [0, 0.1) is 19.7 Å². The number of hydrogen-bond donors (Lipinski definition) is 2. The number of hydrogen-bond acceptors (Lipinski definition) is 3. The first kappa shape index (κ1) is 16.9. The molecule has 1 aromatic heterocycles. The molecule has 0 bridgehead atoms. The minimum Gasteiger partial charge on any atom is -0.362 e. The lowest BCUT2D eigenvalue weighted by Gasteiger charge is -2.22. The van der Waals surface area contributed by atoms with Crippen molar-refractivity contribution in [1.29, 1.82) is 0 Å². The van der Waals surface area contributed by atoms with Crippen LogP contribution in [-0.4, -0.2) is 34.2 Å². The summed E-state index contributed by atoms with van der Waals surface area (Å²) in [5, 5.41) is 2.60. The Morgan fingerprint density at radius 2 is 1.84 bits per heavy atom. The van der Waals surface area contributed by atoms with E-state index in [1.165, 1.54) is 31.2 Å². The summed E-state index contributed by atoms with van der Waals surface area (Å²) in [6, 6.07) is 6.38. The molecule has 3 rings (SSSR count). The van der Waals surface area contributed by atoms with Crippen LogP contribution in [0.3, 0.4) is 0 Å². The predicted octanol–water partition coefficient (Wildman–Crippen LogP) is 2.42. The maximum atomic E-state index is 13.1. The number of nitrogens with zero attached hydrogens (tertiary/aromatic N) is 1. The van der Waals surface area contributed by atoms with Crippen LogP contribution in [0.5, 0.6) is 0 Å². The Hall–Kier alpha value is -2.96. The van der Waals surface area contributed by atoms with Gasteiger partial charge in [-0.3, -0.25) is 14.5 Å². The van der Waals surface area contributed by atoms with Gasteiger partial charge in [0, 0.05) is 17.0 Å². The Kier molecular flexibility index (Phi) is 3.94. The molecule has 1 atom stereocenters. The minimum atomic E-state index is -1.33. The van der Waals surface area contributed by atoms with Gasteiger partial charge in [-0.2, -0.15) is 0 Å². The normalized spacial score (nSPS) is 20.1. The first-order valence-corrected chi connectivity index (χ1v) is 7.82. The summed E-state index contributed by atoms with van der Waals surface area (Å²) in [5.74, 6) is -1.30. The molecule has 0 spiro atoms. The average Bonchev–Trinajstić information content (AvgIpc) is 3.00. The summed E-state index contributed by atoms with van der Waals surface area (Å²) in [5.41, 5.74) is 1.10. The molecule has 3 amide bonds. The second-order valence-electron chi connectivity index (χ2n) is 6.37. The lowest BCUT2D eigenvalue weighted by molar-refractivity contribution is -0.130. The molecule has 1 aliphatic heterocycles. The summed E-state index contributed by atoms with van der Waals surface area (Å²) in [4.78, 5) is 41.4. The predicted molar refractivity (Wildman–Crippen MR) is 88.6 cm³/mol. The Balaban J connectivity index is 1.85. The van der Waals surface area contributed by atoms with Gasteiger partial charge in [0.15, 0.2) is 5.78 Å². The number of carbonyl (C=O) groups is 3. The van der Waals surface area contributed by atoms with Crippen molar-refractivity contribution in [3.63, 3.8) is 0 Å². The highest BCUT2D eigenvalue weighted by Crippen LogP contribution is 2.29. The van der Waals surface area contributed by atoms with Gasteiger partial charge in [-0.25, -0.2) is 9.18 Å². The van der Waals surface area contributed by atoms with Gasteiger partial charge in [0.1, 0.15) is 11.4 Å². The Morgan fingerprint density at radius 3 is 2.40 bits per heavy atom. The zero-order valence-electron chi connectivity index (χ0n) is 14.1. The minimum absolute atomic E-state index is 0.325. The zero-order chi connectivity index (χ0) is 18.4. The number of benzene rings is 1. The van der Waals surface area contributed by atoms with Gasteiger partial charge in [0.2, 0.25) is 0 Å². The molecule has 25 heavy (non-hydrogen) atoms. The lowest BCUT2D eigenvalue weighted by atomic mass is 9.92. The second-order valence-corrected chi connectivity index (χ2v) is 6.37. The van der Waals surface area contributed by atoms with E-state index < -0.39 is 23.3 Å². The number of aryl methyl sites for hydroxylation is 2. The van der Waals surface area contributed by atoms with Crippen molar-refractivity contribution >= 4 is 17.7 Å². The number of ketones is 1. The third kappa shape index (κ3) is 2.82. The Morgan fingerprint density at radius 1 is 1.20 bits per heavy atom. The molecule has 0 radical (unpaired) electrons. The second kappa shape index (κ2) is 5.84. The van der Waals surface area contributed by atoms with Crippen LogP contribution < -0.4 is 5.32 Å². The van der Waals surface area contributed by atoms with Crippen LogP contribution in [0.25, 0.3) is 0 Å². The van der Waals surface area contributed by atoms with Crippen LogP contribution in [0.2, 0.25) is 0 Å². The molecule has 2 heterocycles. The number of Topliss-reactive ketones (excluding diaryl/α,β-unsaturated/α-hetero) is 1. The molecule has 0 unspecified atom stereocenters. The van der Waals surface area contributed by atoms with Crippen LogP contribution in [-0.2, 0) is 10.3 Å². The van der Waals surface area contributed by atoms with E-state index in [0.717, 1.165) is 10.6 Å². The molecule has 7 heteroatoms. The molecule has 0 aliphatic carbocycles. The molecule has 130 valence electrons. The number of urea groups is 1. The standard InChI is InChI=1S/C18H18FN3O3/c1-10-8-14(11(2)20-10)15(23)9-22-16(24)18(3,21-17(22)25)12-4-6-13(19)7-5-12/h4-8,20H,9H2,1-3H3,(H,21,25)/t18-/m1/s1. The maximum Gasteiger partial charge on any atom is 0.325 e. The van der Waals surface area contributed by atoms with E-state index in [-0.39, 0.29) is 12.3 Å². The average molecular weight is 343 g/mol. The van der Waals surface area contributed by atoms with Crippen LogP contribution >= 0.6 is 0 Å². The number of imide groups is 1. The number of rotatable bonds is 4. The van der Waals surface area contributed by atoms with Gasteiger partial charge in [0.25, 0.3) is 5.91 Å². The number of aromatic nitrogens is 1. The molecular weight excluding hydrogens is 325 g/mol. The maximum absolute atomic E-state index is 13.1. The van der Waals surface area contributed by atoms with Crippen molar-refractivity contribution in [2.75, 3.05) is 6.54 Å². The van der Waals surface area contributed by atoms with Crippen molar-refractivity contribution in [3.8, 4) is 0 Å². The fourth-order valence-corrected chi connectivity index (χ4v) is 3.06. The Labute approximate surface area is 144 Å². The third-order valence-electron chi connectivity index (χ3n) is 4.45. The van der Waals surface area contributed by atoms with E-state index >= 15 is 0 Å². The highest BCUT2D eigenvalue weighted by atomic mass is 19.1. The summed E-state index contributed by atoms with van der Waals surface area (Å²) in [7, 11) is 0. The molecule has 1 saturated heterocycles. The zero-order valence-corrected chi connectivity index (χ0v) is 14.1. The smallest absolute Gasteiger partial charge is 0.325 e. The lowest BCUT2D eigenvalue weighted by Crippen LogP contribution is -2.41. The van der Waals surface area contributed by atoms with Gasteiger partial charge in [0.05, 0.1) is 6.54 Å². The number of amides is 3. The van der Waals surface area contributed by atoms with Gasteiger partial charge in [-0.1, -0.05) is 12.1 Å². The highest BCUT2D eigenvalue weighted by Gasteiger charge is 2.49. The number of halogens is 1. The third-order valence-corrected chi connectivity index (χ3v) is 4.45. The van der Waals surface area contributed by atoms with Crippen molar-refractivity contribution in [2.24, 2.45) is 0 Å². The molecule has 6 nitrogen and oxygen atoms in total. The summed E-state index contributed by atoms with van der Waals surface area (Å²) < 4.78 is 13.1. The van der Waals surface area contributed by atoms with Gasteiger partial charge < -0.3 is 10.3 Å². The summed E-state index contributed by atoms with van der Waals surface area (Å²) in [6.07, 6.45) is 0. The van der Waals surface area contributed by atoms with Gasteiger partial charge >= 0.3 is 6.03 Å². The highest BCUT2D eigenvalue weighted by molar-refractivity contribution is 6.11. The van der Waals surface area contributed by atoms with Crippen molar-refractivity contribution < 1.29 is 18.8 Å². The molecule has 2 N–H and O–H groups in total. The molecular formula is C18H18FN3O3. The number of nitrogens with one attached hydrogen (secondary N) is 2. The monoisotopic (exact) mass is 343 g/mol. The van der Waals surface area contributed by atoms with E-state index in [0.29, 0.717) is 16.8 Å². The largest absolute Gasteiger partial charge is 0.362 e. The van der Waals surface area contributed by atoms with E-state index in [1.807, 2.05) is 6.92 Å². The number of aromatic amines is 1. The van der Waals surface area contributed by atoms with E-state index in [2.05, 4.69) is 10.3 Å². The van der Waals surface area contributed by atoms with E-state index in [1.54, 1.807) is 13.0 Å². The molecule has 2 aromatic rings. The first-order valence-electron chi connectivity index (χ1n) is 7.82. The van der Waals surface area contributed by atoms with Crippen molar-refractivity contribution in [1.82, 2.24) is 15.2 Å². The number of carbonyl (C=O) groups excluding carboxylic acids is 3. The van der Waals surface area contributed by atoms with Gasteiger partial charge in [-0.15, -0.1) is 0 Å². The van der Waals surface area contributed by atoms with Crippen LogP contribution in [0.15, 0.2) is 30.3 Å². The first-order chi connectivity index (χ1) is 11.7. The quantitative estimate of drug-likeness (QED) is 0.661. The van der Waals surface area contributed by atoms with E-state index in [4.69, 9.17) is 0 Å². The SMILES string of the molecule is Cc1cc(C(=O)CN2C(=O)N[C@](C)(c3ccc(F)cc3)C2=O)c(C)[nH]1. The van der Waals surface area contributed by atoms with Crippen LogP contribution in [0.4, 0.5) is 9.18 Å².